The highest BCUT2D eigenvalue weighted by Crippen LogP contribution is 2.26. The second-order valence-corrected chi connectivity index (χ2v) is 6.88. The molecule has 19 heavy (non-hydrogen) atoms. The van der Waals surface area contributed by atoms with Crippen LogP contribution >= 0.6 is 11.6 Å². The van der Waals surface area contributed by atoms with E-state index in [0.717, 1.165) is 37.5 Å². The minimum atomic E-state index is -1.29. The van der Waals surface area contributed by atoms with E-state index in [1.807, 2.05) is 18.2 Å². The molecule has 0 fully saturated rings. The average molecular weight is 300 g/mol. The van der Waals surface area contributed by atoms with Crippen LogP contribution in [0.3, 0.4) is 0 Å². The van der Waals surface area contributed by atoms with Crippen molar-refractivity contribution in [3.8, 4) is 0 Å². The molecule has 0 heterocycles. The third-order valence-corrected chi connectivity index (χ3v) is 5.36. The zero-order valence-electron chi connectivity index (χ0n) is 12.1. The summed E-state index contributed by atoms with van der Waals surface area (Å²) in [6, 6.07) is 8.06. The number of benzene rings is 1. The Morgan fingerprint density at radius 1 is 1.11 bits per heavy atom. The molecule has 107 valence electrons. The molecule has 1 radical (unpaired) electrons. The number of hydrogen-bond acceptors (Lipinski definition) is 2. The minimum absolute atomic E-state index is 0.335. The summed E-state index contributed by atoms with van der Waals surface area (Å²) in [7, 11) is -1.29. The van der Waals surface area contributed by atoms with Gasteiger partial charge in [0.25, 0.3) is 0 Å². The third kappa shape index (κ3) is 5.65. The summed E-state index contributed by atoms with van der Waals surface area (Å²) in [6.07, 6.45) is 3.06. The maximum absolute atomic E-state index is 6.09. The lowest BCUT2D eigenvalue weighted by Crippen LogP contribution is -2.32. The molecule has 0 aliphatic heterocycles. The standard InChI is InChI=1S/C15H24ClO2Si/c1-4-10-17-19(18-11-5-2)15(6-3)13-8-7-9-14(16)12-13/h7-9,12,15H,4-6,10-11H2,1-3H3. The van der Waals surface area contributed by atoms with Gasteiger partial charge < -0.3 is 8.85 Å². The van der Waals surface area contributed by atoms with Gasteiger partial charge in [0.1, 0.15) is 0 Å². The van der Waals surface area contributed by atoms with E-state index in [0.29, 0.717) is 5.54 Å². The lowest BCUT2D eigenvalue weighted by molar-refractivity contribution is 0.187. The maximum Gasteiger partial charge on any atom is 0.392 e. The van der Waals surface area contributed by atoms with E-state index in [4.69, 9.17) is 20.5 Å². The van der Waals surface area contributed by atoms with Crippen molar-refractivity contribution in [2.75, 3.05) is 13.2 Å². The van der Waals surface area contributed by atoms with Gasteiger partial charge in [-0.15, -0.1) is 0 Å². The number of hydrogen-bond donors (Lipinski definition) is 0. The fourth-order valence-electron chi connectivity index (χ4n) is 1.91. The van der Waals surface area contributed by atoms with E-state index in [2.05, 4.69) is 26.8 Å². The smallest absolute Gasteiger partial charge is 0.392 e. The fourth-order valence-corrected chi connectivity index (χ4v) is 4.19. The molecule has 0 aliphatic carbocycles. The molecular weight excluding hydrogens is 276 g/mol. The van der Waals surface area contributed by atoms with E-state index >= 15 is 0 Å². The Bertz CT molecular complexity index is 352. The van der Waals surface area contributed by atoms with Gasteiger partial charge in [0.05, 0.1) is 0 Å². The first kappa shape index (κ1) is 16.7. The molecule has 0 saturated heterocycles. The molecule has 4 heteroatoms. The summed E-state index contributed by atoms with van der Waals surface area (Å²) in [6.45, 7) is 7.98. The summed E-state index contributed by atoms with van der Waals surface area (Å²) >= 11 is 6.09. The molecule has 0 aliphatic rings. The van der Waals surface area contributed by atoms with E-state index in [-0.39, 0.29) is 0 Å². The molecule has 1 atom stereocenters. The van der Waals surface area contributed by atoms with Crippen LogP contribution in [0.1, 0.15) is 51.1 Å². The molecule has 0 spiro atoms. The first-order chi connectivity index (χ1) is 9.22. The van der Waals surface area contributed by atoms with Gasteiger partial charge in [-0.25, -0.2) is 0 Å². The lowest BCUT2D eigenvalue weighted by Gasteiger charge is -2.23. The zero-order chi connectivity index (χ0) is 14.1. The quantitative estimate of drug-likeness (QED) is 0.615. The van der Waals surface area contributed by atoms with Crippen LogP contribution in [0.25, 0.3) is 0 Å². The van der Waals surface area contributed by atoms with Crippen LogP contribution in [0.15, 0.2) is 24.3 Å². The van der Waals surface area contributed by atoms with Gasteiger partial charge in [-0.2, -0.15) is 0 Å². The highest BCUT2D eigenvalue weighted by molar-refractivity contribution is 6.46. The first-order valence-corrected chi connectivity index (χ1v) is 8.87. The number of rotatable bonds is 9. The Balaban J connectivity index is 2.81. The molecular formula is C15H24ClO2Si. The second-order valence-electron chi connectivity index (χ2n) is 4.53. The van der Waals surface area contributed by atoms with Crippen molar-refractivity contribution in [3.63, 3.8) is 0 Å². The molecule has 1 unspecified atom stereocenters. The van der Waals surface area contributed by atoms with Crippen LogP contribution in [0, 0.1) is 0 Å². The Morgan fingerprint density at radius 2 is 1.74 bits per heavy atom. The third-order valence-electron chi connectivity index (χ3n) is 2.84. The van der Waals surface area contributed by atoms with Crippen LogP contribution in [0.4, 0.5) is 0 Å². The number of halogens is 1. The molecule has 2 nitrogen and oxygen atoms in total. The minimum Gasteiger partial charge on any atom is -0.393 e. The van der Waals surface area contributed by atoms with Gasteiger partial charge in [0.2, 0.25) is 0 Å². The topological polar surface area (TPSA) is 18.5 Å². The van der Waals surface area contributed by atoms with Crippen molar-refractivity contribution in [1.29, 1.82) is 0 Å². The first-order valence-electron chi connectivity index (χ1n) is 7.10. The van der Waals surface area contributed by atoms with Crippen molar-refractivity contribution in [2.24, 2.45) is 0 Å². The van der Waals surface area contributed by atoms with Gasteiger partial charge in [-0.1, -0.05) is 44.5 Å². The van der Waals surface area contributed by atoms with E-state index in [1.54, 1.807) is 0 Å². The van der Waals surface area contributed by atoms with Crippen LogP contribution in [0.5, 0.6) is 0 Å². The predicted molar refractivity (Wildman–Crippen MR) is 82.7 cm³/mol. The van der Waals surface area contributed by atoms with Crippen molar-refractivity contribution < 1.29 is 8.85 Å². The van der Waals surface area contributed by atoms with Crippen LogP contribution in [0.2, 0.25) is 5.02 Å². The summed E-state index contributed by atoms with van der Waals surface area (Å²) in [5.41, 5.74) is 1.57. The summed E-state index contributed by atoms with van der Waals surface area (Å²) < 4.78 is 12.0. The Labute approximate surface area is 123 Å². The van der Waals surface area contributed by atoms with Gasteiger partial charge in [-0.05, 0) is 37.0 Å². The van der Waals surface area contributed by atoms with Crippen molar-refractivity contribution >= 4 is 20.9 Å². The summed E-state index contributed by atoms with van der Waals surface area (Å²) in [4.78, 5) is 0. The second kappa shape index (κ2) is 9.53. The van der Waals surface area contributed by atoms with E-state index < -0.39 is 9.28 Å². The highest BCUT2D eigenvalue weighted by atomic mass is 35.5. The van der Waals surface area contributed by atoms with Crippen molar-refractivity contribution in [1.82, 2.24) is 0 Å². The Morgan fingerprint density at radius 3 is 2.21 bits per heavy atom. The van der Waals surface area contributed by atoms with Crippen LogP contribution < -0.4 is 0 Å². The molecule has 1 aromatic rings. The molecule has 0 bridgehead atoms. The van der Waals surface area contributed by atoms with E-state index in [1.165, 1.54) is 5.56 Å². The zero-order valence-corrected chi connectivity index (χ0v) is 13.9. The fraction of sp³-hybridized carbons (Fsp3) is 0.600. The van der Waals surface area contributed by atoms with Crippen LogP contribution in [-0.2, 0) is 8.85 Å². The molecule has 0 aromatic heterocycles. The summed E-state index contributed by atoms with van der Waals surface area (Å²) in [5, 5.41) is 0.781. The molecule has 0 saturated carbocycles. The van der Waals surface area contributed by atoms with Gasteiger partial charge in [0, 0.05) is 23.8 Å². The van der Waals surface area contributed by atoms with Crippen LogP contribution in [-0.4, -0.2) is 22.5 Å². The largest absolute Gasteiger partial charge is 0.393 e. The normalized spacial score (nSPS) is 12.9. The molecule has 1 aromatic carbocycles. The average Bonchev–Trinajstić information content (AvgIpc) is 2.42. The molecule has 0 N–H and O–H groups in total. The molecule has 1 rings (SSSR count). The SMILES string of the molecule is CCCO[Si](OCCC)C(CC)c1cccc(Cl)c1. The van der Waals surface area contributed by atoms with Gasteiger partial charge in [-0.3, -0.25) is 0 Å². The van der Waals surface area contributed by atoms with Crippen molar-refractivity contribution in [2.45, 2.75) is 45.6 Å². The Kier molecular flexibility index (Phi) is 8.38. The summed E-state index contributed by atoms with van der Waals surface area (Å²) in [5.74, 6) is 0. The van der Waals surface area contributed by atoms with E-state index in [9.17, 15) is 0 Å². The van der Waals surface area contributed by atoms with Crippen molar-refractivity contribution in [3.05, 3.63) is 34.9 Å². The van der Waals surface area contributed by atoms with Gasteiger partial charge >= 0.3 is 9.28 Å². The predicted octanol–water partition coefficient (Wildman–Crippen LogP) is 4.71. The lowest BCUT2D eigenvalue weighted by atomic mass is 10.1. The Hall–Kier alpha value is -0.353. The molecule has 0 amide bonds. The monoisotopic (exact) mass is 299 g/mol. The maximum atomic E-state index is 6.09. The highest BCUT2D eigenvalue weighted by Gasteiger charge is 2.28. The van der Waals surface area contributed by atoms with Gasteiger partial charge in [0.15, 0.2) is 0 Å².